The first kappa shape index (κ1) is 40.2. The van der Waals surface area contributed by atoms with Crippen molar-refractivity contribution < 1.29 is 83.4 Å². The van der Waals surface area contributed by atoms with Gasteiger partial charge < -0.3 is 14.0 Å². The van der Waals surface area contributed by atoms with E-state index >= 15 is 0 Å². The van der Waals surface area contributed by atoms with Gasteiger partial charge in [0, 0.05) is 0 Å². The summed E-state index contributed by atoms with van der Waals surface area (Å²) in [5.74, 6) is -1.58. The van der Waals surface area contributed by atoms with Gasteiger partial charge in [0.15, 0.2) is 0 Å². The van der Waals surface area contributed by atoms with Gasteiger partial charge in [-0.15, -0.1) is 13.2 Å². The van der Waals surface area contributed by atoms with Crippen LogP contribution in [-0.4, -0.2) is 38.1 Å². The molecule has 1 rings (SSSR count). The van der Waals surface area contributed by atoms with E-state index in [1.165, 1.54) is 51.4 Å². The molecule has 0 amide bonds. The maximum Gasteiger partial charge on any atom is 1.00 e. The van der Waals surface area contributed by atoms with E-state index in [0.29, 0.717) is 12.8 Å². The van der Waals surface area contributed by atoms with E-state index < -0.39 is 27.0 Å². The van der Waals surface area contributed by atoms with E-state index in [4.69, 9.17) is 9.47 Å². The second-order valence-electron chi connectivity index (χ2n) is 10.2. The summed E-state index contributed by atoms with van der Waals surface area (Å²) >= 11 is 0. The molecule has 1 aromatic rings. The number of carbonyl (C=O) groups excluding carboxylic acids is 2. The second kappa shape index (κ2) is 25.7. The Labute approximate surface area is 291 Å². The zero-order valence-electron chi connectivity index (χ0n) is 25.2. The molecular formula is C32H49KO7S. The third-order valence-corrected chi connectivity index (χ3v) is 7.62. The molecule has 7 nitrogen and oxygen atoms in total. The molecule has 0 atom stereocenters. The van der Waals surface area contributed by atoms with Crippen LogP contribution < -0.4 is 51.4 Å². The van der Waals surface area contributed by atoms with Crippen LogP contribution in [0.4, 0.5) is 0 Å². The first-order valence-corrected chi connectivity index (χ1v) is 16.4. The quantitative estimate of drug-likeness (QED) is 0.0482. The molecular weight excluding hydrogens is 568 g/mol. The molecule has 0 N–H and O–H groups in total. The number of rotatable bonds is 25. The maximum absolute atomic E-state index is 12.7. The van der Waals surface area contributed by atoms with Gasteiger partial charge in [-0.1, -0.05) is 89.2 Å². The summed E-state index contributed by atoms with van der Waals surface area (Å²) in [6, 6.07) is 3.07. The minimum Gasteiger partial charge on any atom is -0.744 e. The van der Waals surface area contributed by atoms with Crippen molar-refractivity contribution in [2.75, 3.05) is 13.2 Å². The van der Waals surface area contributed by atoms with Gasteiger partial charge in [-0.05, 0) is 56.7 Å². The van der Waals surface area contributed by atoms with Crippen molar-refractivity contribution in [3.05, 3.63) is 54.6 Å². The van der Waals surface area contributed by atoms with Gasteiger partial charge in [0.25, 0.3) is 0 Å². The fraction of sp³-hybridized carbons (Fsp3) is 0.625. The summed E-state index contributed by atoms with van der Waals surface area (Å²) in [4.78, 5) is 24.8. The van der Waals surface area contributed by atoms with E-state index in [1.54, 1.807) is 0 Å². The summed E-state index contributed by atoms with van der Waals surface area (Å²) in [6.07, 6.45) is 23.2. The standard InChI is InChI=1S/C32H50O7S.K/c1-3-5-7-9-11-13-15-17-19-21-25-38-31(33)29-24-23-28(40(35,36)37)27-30(29)32(34)39-26-22-20-18-16-14-12-10-8-6-4-2;/h3-4,23-24,27H,1-2,5-22,25-26H2,(H,35,36,37);/q;+1/p-1. The van der Waals surface area contributed by atoms with Gasteiger partial charge in [-0.25, -0.2) is 18.0 Å². The van der Waals surface area contributed by atoms with E-state index in [-0.39, 0.29) is 75.7 Å². The van der Waals surface area contributed by atoms with Crippen LogP contribution in [0.2, 0.25) is 0 Å². The normalized spacial score (nSPS) is 11.0. The van der Waals surface area contributed by atoms with Crippen LogP contribution in [0.1, 0.15) is 136 Å². The molecule has 0 radical (unpaired) electrons. The number of carbonyl (C=O) groups is 2. The van der Waals surface area contributed by atoms with Crippen molar-refractivity contribution in [2.24, 2.45) is 0 Å². The second-order valence-corrected chi connectivity index (χ2v) is 11.6. The number of unbranched alkanes of at least 4 members (excludes halogenated alkanes) is 16. The summed E-state index contributed by atoms with van der Waals surface area (Å²) in [6.45, 7) is 7.80. The van der Waals surface area contributed by atoms with Crippen molar-refractivity contribution in [1.29, 1.82) is 0 Å². The average molecular weight is 617 g/mol. The molecule has 0 fully saturated rings. The number of hydrogen-bond acceptors (Lipinski definition) is 7. The SMILES string of the molecule is C=CCCCCCCCCCCOC(=O)c1ccc(S(=O)(=O)[O-])cc1C(=O)OCCCCCCCCCCC=C.[K+]. The van der Waals surface area contributed by atoms with Gasteiger partial charge in [0.2, 0.25) is 0 Å². The Morgan fingerprint density at radius 2 is 1.00 bits per heavy atom. The van der Waals surface area contributed by atoms with Crippen LogP contribution in [0.25, 0.3) is 0 Å². The Bertz CT molecular complexity index is 992. The predicted octanol–water partition coefficient (Wildman–Crippen LogP) is 5.30. The topological polar surface area (TPSA) is 110 Å². The van der Waals surface area contributed by atoms with E-state index in [1.807, 2.05) is 12.2 Å². The molecule has 1 aromatic carbocycles. The van der Waals surface area contributed by atoms with Gasteiger partial charge in [-0.2, -0.15) is 0 Å². The summed E-state index contributed by atoms with van der Waals surface area (Å²) in [7, 11) is -4.80. The van der Waals surface area contributed by atoms with Crippen molar-refractivity contribution in [3.8, 4) is 0 Å². The molecule has 0 saturated heterocycles. The predicted molar refractivity (Wildman–Crippen MR) is 158 cm³/mol. The molecule has 0 aliphatic rings. The monoisotopic (exact) mass is 616 g/mol. The molecule has 0 spiro atoms. The number of allylic oxidation sites excluding steroid dienone is 2. The van der Waals surface area contributed by atoms with Crippen LogP contribution in [0, 0.1) is 0 Å². The smallest absolute Gasteiger partial charge is 0.744 e. The Morgan fingerprint density at radius 1 is 0.634 bits per heavy atom. The molecule has 41 heavy (non-hydrogen) atoms. The van der Waals surface area contributed by atoms with Crippen LogP contribution in [0.15, 0.2) is 48.4 Å². The van der Waals surface area contributed by atoms with Crippen molar-refractivity contribution in [3.63, 3.8) is 0 Å². The molecule has 226 valence electrons. The third kappa shape index (κ3) is 19.9. The van der Waals surface area contributed by atoms with Crippen LogP contribution in [0.3, 0.4) is 0 Å². The number of esters is 2. The third-order valence-electron chi connectivity index (χ3n) is 6.79. The zero-order valence-corrected chi connectivity index (χ0v) is 29.1. The Kier molecular flexibility index (Phi) is 25.2. The fourth-order valence-corrected chi connectivity index (χ4v) is 4.91. The molecule has 0 bridgehead atoms. The molecule has 0 unspecified atom stereocenters. The van der Waals surface area contributed by atoms with Gasteiger partial charge in [0.05, 0.1) is 29.2 Å². The fourth-order valence-electron chi connectivity index (χ4n) is 4.41. The van der Waals surface area contributed by atoms with Gasteiger partial charge >= 0.3 is 63.3 Å². The molecule has 0 aliphatic carbocycles. The van der Waals surface area contributed by atoms with Crippen molar-refractivity contribution in [1.82, 2.24) is 0 Å². The number of ether oxygens (including phenoxy) is 2. The number of benzene rings is 1. The van der Waals surface area contributed by atoms with Crippen LogP contribution >= 0.6 is 0 Å². The summed E-state index contributed by atoms with van der Waals surface area (Å²) in [5.41, 5.74) is -0.369. The molecule has 9 heteroatoms. The molecule has 0 aliphatic heterocycles. The first-order chi connectivity index (χ1) is 19.3. The minimum absolute atomic E-state index is 0. The average Bonchev–Trinajstić information content (AvgIpc) is 2.93. The minimum atomic E-state index is -4.80. The Hall–Kier alpha value is -0.814. The van der Waals surface area contributed by atoms with Gasteiger partial charge in [0.1, 0.15) is 10.1 Å². The van der Waals surface area contributed by atoms with Crippen LogP contribution in [0.5, 0.6) is 0 Å². The van der Waals surface area contributed by atoms with Crippen LogP contribution in [-0.2, 0) is 19.6 Å². The van der Waals surface area contributed by atoms with E-state index in [0.717, 1.165) is 69.6 Å². The maximum atomic E-state index is 12.7. The number of hydrogen-bond donors (Lipinski definition) is 0. The van der Waals surface area contributed by atoms with Gasteiger partial charge in [-0.3, -0.25) is 0 Å². The Balaban J connectivity index is 0.0000160. The largest absolute Gasteiger partial charge is 1.00 e. The molecule has 0 saturated carbocycles. The van der Waals surface area contributed by atoms with Crippen molar-refractivity contribution in [2.45, 2.75) is 120 Å². The molecule has 0 heterocycles. The summed E-state index contributed by atoms with van der Waals surface area (Å²) in [5, 5.41) is 0. The van der Waals surface area contributed by atoms with E-state index in [2.05, 4.69) is 13.2 Å². The van der Waals surface area contributed by atoms with Crippen molar-refractivity contribution >= 4 is 22.1 Å². The van der Waals surface area contributed by atoms with E-state index in [9.17, 15) is 22.6 Å². The molecule has 0 aromatic heterocycles. The summed E-state index contributed by atoms with van der Waals surface area (Å²) < 4.78 is 45.2. The zero-order chi connectivity index (χ0) is 29.5. The Morgan fingerprint density at radius 3 is 1.39 bits per heavy atom. The first-order valence-electron chi connectivity index (χ1n) is 15.0.